The van der Waals surface area contributed by atoms with E-state index in [2.05, 4.69) is 5.32 Å². The van der Waals surface area contributed by atoms with Crippen molar-refractivity contribution < 1.29 is 9.50 Å². The van der Waals surface area contributed by atoms with Crippen molar-refractivity contribution in [2.45, 2.75) is 24.2 Å². The van der Waals surface area contributed by atoms with Gasteiger partial charge in [0.1, 0.15) is 5.82 Å². The molecule has 1 saturated heterocycles. The minimum atomic E-state index is -0.761. The van der Waals surface area contributed by atoms with Crippen LogP contribution in [0.25, 0.3) is 0 Å². The zero-order valence-corrected chi connectivity index (χ0v) is 10.5. The number of hydrogen-bond donors (Lipinski definition) is 2. The van der Waals surface area contributed by atoms with Crippen LogP contribution in [0.4, 0.5) is 4.39 Å². The minimum absolute atomic E-state index is 0.336. The lowest BCUT2D eigenvalue weighted by Crippen LogP contribution is -2.28. The molecule has 2 atom stereocenters. The second kappa shape index (κ2) is 6.38. The Morgan fingerprint density at radius 2 is 2.29 bits per heavy atom. The van der Waals surface area contributed by atoms with Crippen molar-refractivity contribution in [3.8, 4) is 0 Å². The molecule has 2 N–H and O–H groups in total. The van der Waals surface area contributed by atoms with Crippen LogP contribution in [0, 0.1) is 5.82 Å². The number of aliphatic hydroxyl groups excluding tert-OH is 1. The van der Waals surface area contributed by atoms with E-state index in [0.717, 1.165) is 6.54 Å². The lowest BCUT2D eigenvalue weighted by molar-refractivity contribution is 0.170. The normalized spacial score (nSPS) is 21.6. The molecule has 1 aliphatic heterocycles. The average Bonchev–Trinajstić information content (AvgIpc) is 2.82. The molecule has 1 aromatic rings. The first kappa shape index (κ1) is 12.9. The minimum Gasteiger partial charge on any atom is -0.387 e. The van der Waals surface area contributed by atoms with Crippen LogP contribution >= 0.6 is 11.8 Å². The second-order valence-corrected chi connectivity index (χ2v) is 5.74. The monoisotopic (exact) mass is 255 g/mol. The predicted molar refractivity (Wildman–Crippen MR) is 69.7 cm³/mol. The van der Waals surface area contributed by atoms with Crippen molar-refractivity contribution in [2.75, 3.05) is 18.8 Å². The molecule has 2 nitrogen and oxygen atoms in total. The summed E-state index contributed by atoms with van der Waals surface area (Å²) < 4.78 is 13.4. The van der Waals surface area contributed by atoms with Crippen LogP contribution in [0.15, 0.2) is 24.3 Å². The molecule has 1 aliphatic rings. The SMILES string of the molecule is OC(CNCC1CCCS1)c1ccccc1F. The highest BCUT2D eigenvalue weighted by atomic mass is 32.2. The number of benzene rings is 1. The van der Waals surface area contributed by atoms with E-state index in [4.69, 9.17) is 0 Å². The zero-order valence-electron chi connectivity index (χ0n) is 9.73. The van der Waals surface area contributed by atoms with Crippen molar-refractivity contribution >= 4 is 11.8 Å². The van der Waals surface area contributed by atoms with Gasteiger partial charge in [-0.25, -0.2) is 4.39 Å². The molecule has 0 radical (unpaired) electrons. The molecule has 2 rings (SSSR count). The van der Waals surface area contributed by atoms with Gasteiger partial charge in [0.2, 0.25) is 0 Å². The van der Waals surface area contributed by atoms with E-state index in [1.165, 1.54) is 24.7 Å². The quantitative estimate of drug-likeness (QED) is 0.847. The third kappa shape index (κ3) is 3.69. The van der Waals surface area contributed by atoms with Gasteiger partial charge in [-0.2, -0.15) is 11.8 Å². The van der Waals surface area contributed by atoms with Gasteiger partial charge in [-0.15, -0.1) is 0 Å². The van der Waals surface area contributed by atoms with Crippen molar-refractivity contribution in [2.24, 2.45) is 0 Å². The van der Waals surface area contributed by atoms with Crippen molar-refractivity contribution in [3.05, 3.63) is 35.6 Å². The van der Waals surface area contributed by atoms with Gasteiger partial charge in [0.25, 0.3) is 0 Å². The van der Waals surface area contributed by atoms with E-state index in [-0.39, 0.29) is 5.82 Å². The number of thioether (sulfide) groups is 1. The van der Waals surface area contributed by atoms with Gasteiger partial charge >= 0.3 is 0 Å². The summed E-state index contributed by atoms with van der Waals surface area (Å²) in [5, 5.41) is 13.7. The summed E-state index contributed by atoms with van der Waals surface area (Å²) in [5.41, 5.74) is 0.374. The summed E-state index contributed by atoms with van der Waals surface area (Å²) in [6.07, 6.45) is 1.77. The van der Waals surface area contributed by atoms with Crippen LogP contribution in [0.1, 0.15) is 24.5 Å². The van der Waals surface area contributed by atoms with E-state index in [0.29, 0.717) is 17.4 Å². The molecule has 1 fully saturated rings. The Balaban J connectivity index is 1.77. The molecule has 4 heteroatoms. The maximum atomic E-state index is 13.4. The third-order valence-electron chi connectivity index (χ3n) is 3.00. The smallest absolute Gasteiger partial charge is 0.129 e. The maximum Gasteiger partial charge on any atom is 0.129 e. The first-order valence-electron chi connectivity index (χ1n) is 6.02. The molecular weight excluding hydrogens is 237 g/mol. The number of hydrogen-bond acceptors (Lipinski definition) is 3. The Morgan fingerprint density at radius 1 is 1.47 bits per heavy atom. The van der Waals surface area contributed by atoms with Gasteiger partial charge in [0, 0.05) is 23.9 Å². The Kier molecular flexibility index (Phi) is 4.83. The van der Waals surface area contributed by atoms with Gasteiger partial charge in [0.05, 0.1) is 6.10 Å². The lowest BCUT2D eigenvalue weighted by atomic mass is 10.1. The van der Waals surface area contributed by atoms with E-state index in [9.17, 15) is 9.50 Å². The lowest BCUT2D eigenvalue weighted by Gasteiger charge is -2.15. The molecule has 94 valence electrons. The Bertz CT molecular complexity index is 355. The van der Waals surface area contributed by atoms with Gasteiger partial charge in [0.15, 0.2) is 0 Å². The van der Waals surface area contributed by atoms with E-state index >= 15 is 0 Å². The topological polar surface area (TPSA) is 32.3 Å². The van der Waals surface area contributed by atoms with Gasteiger partial charge in [-0.3, -0.25) is 0 Å². The number of halogens is 1. The number of aliphatic hydroxyl groups is 1. The van der Waals surface area contributed by atoms with Crippen molar-refractivity contribution in [3.63, 3.8) is 0 Å². The summed E-state index contributed by atoms with van der Waals surface area (Å²) in [7, 11) is 0. The molecular formula is C13H18FNOS. The Hall–Kier alpha value is -0.580. The first-order valence-corrected chi connectivity index (χ1v) is 7.07. The largest absolute Gasteiger partial charge is 0.387 e. The molecule has 2 unspecified atom stereocenters. The number of nitrogens with one attached hydrogen (secondary N) is 1. The van der Waals surface area contributed by atoms with Crippen molar-refractivity contribution in [1.82, 2.24) is 5.32 Å². The second-order valence-electron chi connectivity index (χ2n) is 4.33. The van der Waals surface area contributed by atoms with Gasteiger partial charge in [-0.05, 0) is 24.7 Å². The van der Waals surface area contributed by atoms with Crippen LogP contribution in [0.2, 0.25) is 0 Å². The Morgan fingerprint density at radius 3 is 3.00 bits per heavy atom. The average molecular weight is 255 g/mol. The van der Waals surface area contributed by atoms with Gasteiger partial charge in [-0.1, -0.05) is 18.2 Å². The summed E-state index contributed by atoms with van der Waals surface area (Å²) in [6.45, 7) is 1.31. The highest BCUT2D eigenvalue weighted by molar-refractivity contribution is 8.00. The highest BCUT2D eigenvalue weighted by Gasteiger charge is 2.16. The molecule has 0 amide bonds. The molecule has 0 aromatic heterocycles. The first-order chi connectivity index (χ1) is 8.27. The van der Waals surface area contributed by atoms with Gasteiger partial charge < -0.3 is 10.4 Å². The molecule has 0 bridgehead atoms. The van der Waals surface area contributed by atoms with E-state index in [1.807, 2.05) is 11.8 Å². The molecule has 0 aliphatic carbocycles. The highest BCUT2D eigenvalue weighted by Crippen LogP contribution is 2.25. The summed E-state index contributed by atoms with van der Waals surface area (Å²) in [4.78, 5) is 0. The standard InChI is InChI=1S/C13H18FNOS/c14-12-6-2-1-5-11(12)13(16)9-15-8-10-4-3-7-17-10/h1-2,5-6,10,13,15-16H,3-4,7-9H2. The fourth-order valence-electron chi connectivity index (χ4n) is 2.04. The summed E-state index contributed by atoms with van der Waals surface area (Å²) >= 11 is 1.97. The molecule has 1 aromatic carbocycles. The fourth-order valence-corrected chi connectivity index (χ4v) is 3.28. The van der Waals surface area contributed by atoms with Crippen LogP contribution in [0.5, 0.6) is 0 Å². The van der Waals surface area contributed by atoms with Crippen LogP contribution < -0.4 is 5.32 Å². The fraction of sp³-hybridized carbons (Fsp3) is 0.538. The van der Waals surface area contributed by atoms with E-state index in [1.54, 1.807) is 18.2 Å². The van der Waals surface area contributed by atoms with Crippen molar-refractivity contribution in [1.29, 1.82) is 0 Å². The molecule has 1 heterocycles. The third-order valence-corrected chi connectivity index (χ3v) is 4.40. The molecule has 0 spiro atoms. The predicted octanol–water partition coefficient (Wildman–Crippen LogP) is 2.34. The number of rotatable bonds is 5. The maximum absolute atomic E-state index is 13.4. The van der Waals surface area contributed by atoms with Crippen LogP contribution in [-0.2, 0) is 0 Å². The van der Waals surface area contributed by atoms with E-state index < -0.39 is 6.10 Å². The molecule has 0 saturated carbocycles. The van der Waals surface area contributed by atoms with Crippen LogP contribution in [-0.4, -0.2) is 29.2 Å². The Labute approximate surface area is 106 Å². The zero-order chi connectivity index (χ0) is 12.1. The summed E-state index contributed by atoms with van der Waals surface area (Å²) in [6, 6.07) is 6.39. The van der Waals surface area contributed by atoms with Crippen LogP contribution in [0.3, 0.4) is 0 Å². The summed E-state index contributed by atoms with van der Waals surface area (Å²) in [5.74, 6) is 0.902. The molecule has 17 heavy (non-hydrogen) atoms.